The fourth-order valence-electron chi connectivity index (χ4n) is 3.43. The lowest BCUT2D eigenvalue weighted by molar-refractivity contribution is -0.277. The molecule has 0 aromatic heterocycles. The molecule has 1 fully saturated rings. The molecule has 20 heavy (non-hydrogen) atoms. The summed E-state index contributed by atoms with van der Waals surface area (Å²) in [5.41, 5.74) is -1.46. The van der Waals surface area contributed by atoms with Gasteiger partial charge in [0.1, 0.15) is 5.82 Å². The molecule has 0 saturated carbocycles. The van der Waals surface area contributed by atoms with Gasteiger partial charge in [0.05, 0.1) is 5.60 Å². The second-order valence-corrected chi connectivity index (χ2v) is 6.83. The Morgan fingerprint density at radius 2 is 1.40 bits per heavy atom. The molecule has 0 atom stereocenters. The van der Waals surface area contributed by atoms with Crippen molar-refractivity contribution in [3.8, 4) is 0 Å². The molecule has 0 spiro atoms. The van der Waals surface area contributed by atoms with E-state index in [0.29, 0.717) is 18.4 Å². The SMILES string of the molecule is CC1(C)CC(O)(c2ccc(F)cc2)CC(C)(C)N1O.Cl. The van der Waals surface area contributed by atoms with Gasteiger partial charge in [-0.3, -0.25) is 0 Å². The van der Waals surface area contributed by atoms with E-state index in [1.54, 1.807) is 12.1 Å². The van der Waals surface area contributed by atoms with E-state index in [9.17, 15) is 14.7 Å². The van der Waals surface area contributed by atoms with Crippen LogP contribution in [0.2, 0.25) is 0 Å². The molecule has 114 valence electrons. The molecule has 0 amide bonds. The van der Waals surface area contributed by atoms with Gasteiger partial charge in [0.25, 0.3) is 0 Å². The van der Waals surface area contributed by atoms with Crippen LogP contribution in [0.15, 0.2) is 24.3 Å². The maximum Gasteiger partial charge on any atom is 0.123 e. The van der Waals surface area contributed by atoms with Crippen molar-refractivity contribution in [3.05, 3.63) is 35.6 Å². The number of hydrogen-bond acceptors (Lipinski definition) is 3. The highest BCUT2D eigenvalue weighted by Crippen LogP contribution is 2.47. The monoisotopic (exact) mass is 303 g/mol. The zero-order valence-corrected chi connectivity index (χ0v) is 13.2. The zero-order valence-electron chi connectivity index (χ0n) is 12.4. The zero-order chi connectivity index (χ0) is 14.5. The summed E-state index contributed by atoms with van der Waals surface area (Å²) in [7, 11) is 0. The lowest BCUT2D eigenvalue weighted by atomic mass is 9.69. The third-order valence-electron chi connectivity index (χ3n) is 3.98. The Bertz CT molecular complexity index is 455. The Labute approximate surface area is 125 Å². The van der Waals surface area contributed by atoms with Gasteiger partial charge in [-0.25, -0.2) is 4.39 Å². The van der Waals surface area contributed by atoms with Crippen LogP contribution in [-0.2, 0) is 5.60 Å². The maximum absolute atomic E-state index is 13.0. The summed E-state index contributed by atoms with van der Waals surface area (Å²) in [5, 5.41) is 22.5. The van der Waals surface area contributed by atoms with Gasteiger partial charge in [-0.2, -0.15) is 5.06 Å². The summed E-state index contributed by atoms with van der Waals surface area (Å²) in [6.45, 7) is 7.57. The summed E-state index contributed by atoms with van der Waals surface area (Å²) in [4.78, 5) is 0. The van der Waals surface area contributed by atoms with Gasteiger partial charge in [0.15, 0.2) is 0 Å². The lowest BCUT2D eigenvalue weighted by Crippen LogP contribution is -2.63. The Kier molecular flexibility index (Phi) is 4.57. The fraction of sp³-hybridized carbons (Fsp3) is 0.600. The van der Waals surface area contributed by atoms with Crippen LogP contribution in [0.25, 0.3) is 0 Å². The van der Waals surface area contributed by atoms with Gasteiger partial charge in [-0.1, -0.05) is 12.1 Å². The van der Waals surface area contributed by atoms with Crippen LogP contribution in [0.1, 0.15) is 46.1 Å². The summed E-state index contributed by atoms with van der Waals surface area (Å²) in [6, 6.07) is 5.96. The number of nitrogens with zero attached hydrogens (tertiary/aromatic N) is 1. The molecule has 1 aromatic rings. The number of benzene rings is 1. The minimum atomic E-state index is -1.06. The number of aliphatic hydroxyl groups is 1. The van der Waals surface area contributed by atoms with Crippen molar-refractivity contribution in [2.45, 2.75) is 57.2 Å². The maximum atomic E-state index is 13.0. The normalized spacial score (nSPS) is 23.9. The van der Waals surface area contributed by atoms with Gasteiger partial charge in [-0.05, 0) is 45.4 Å². The van der Waals surface area contributed by atoms with Crippen LogP contribution >= 0.6 is 12.4 Å². The first-order valence-corrected chi connectivity index (χ1v) is 6.55. The molecular formula is C15H23ClFNO2. The molecule has 0 aliphatic carbocycles. The summed E-state index contributed by atoms with van der Waals surface area (Å²) >= 11 is 0. The van der Waals surface area contributed by atoms with Crippen molar-refractivity contribution in [3.63, 3.8) is 0 Å². The highest BCUT2D eigenvalue weighted by Gasteiger charge is 2.52. The smallest absolute Gasteiger partial charge is 0.123 e. The number of hydroxylamine groups is 2. The number of rotatable bonds is 1. The Balaban J connectivity index is 0.00000200. The summed E-state index contributed by atoms with van der Waals surface area (Å²) in [5.74, 6) is -0.314. The third kappa shape index (κ3) is 2.98. The van der Waals surface area contributed by atoms with Gasteiger partial charge in [-0.15, -0.1) is 12.4 Å². The first-order valence-electron chi connectivity index (χ1n) is 6.55. The van der Waals surface area contributed by atoms with Crippen LogP contribution in [0.3, 0.4) is 0 Å². The van der Waals surface area contributed by atoms with Gasteiger partial charge >= 0.3 is 0 Å². The van der Waals surface area contributed by atoms with Crippen molar-refractivity contribution in [2.75, 3.05) is 0 Å². The predicted molar refractivity (Wildman–Crippen MR) is 78.6 cm³/mol. The van der Waals surface area contributed by atoms with Crippen molar-refractivity contribution in [1.29, 1.82) is 0 Å². The van der Waals surface area contributed by atoms with E-state index in [4.69, 9.17) is 0 Å². The quantitative estimate of drug-likeness (QED) is 0.835. The number of hydrogen-bond donors (Lipinski definition) is 2. The van der Waals surface area contributed by atoms with Crippen molar-refractivity contribution >= 4 is 12.4 Å². The average molecular weight is 304 g/mol. The van der Waals surface area contributed by atoms with E-state index in [1.165, 1.54) is 17.2 Å². The topological polar surface area (TPSA) is 43.7 Å². The third-order valence-corrected chi connectivity index (χ3v) is 3.98. The standard InChI is InChI=1S/C15H22FNO2.ClH/c1-13(2)9-15(18,10-14(3,4)17(13)19)11-5-7-12(16)8-6-11;/h5-8,18-19H,9-10H2,1-4H3;1H. The first-order chi connectivity index (χ1) is 8.57. The second-order valence-electron chi connectivity index (χ2n) is 6.83. The molecule has 0 radical (unpaired) electrons. The molecule has 2 rings (SSSR count). The van der Waals surface area contributed by atoms with Gasteiger partial charge < -0.3 is 10.3 Å². The predicted octanol–water partition coefficient (Wildman–Crippen LogP) is 3.48. The second kappa shape index (κ2) is 5.26. The van der Waals surface area contributed by atoms with E-state index in [2.05, 4.69) is 0 Å². The van der Waals surface area contributed by atoms with Crippen molar-refractivity contribution in [2.24, 2.45) is 0 Å². The van der Waals surface area contributed by atoms with E-state index in [-0.39, 0.29) is 18.2 Å². The number of piperidine rings is 1. The molecular weight excluding hydrogens is 281 g/mol. The molecule has 1 saturated heterocycles. The van der Waals surface area contributed by atoms with Crippen LogP contribution in [-0.4, -0.2) is 26.5 Å². The van der Waals surface area contributed by atoms with Crippen LogP contribution in [0, 0.1) is 5.82 Å². The minimum Gasteiger partial charge on any atom is -0.385 e. The van der Waals surface area contributed by atoms with Crippen LogP contribution < -0.4 is 0 Å². The van der Waals surface area contributed by atoms with Gasteiger partial charge in [0, 0.05) is 23.9 Å². The summed E-state index contributed by atoms with van der Waals surface area (Å²) < 4.78 is 13.0. The molecule has 1 aliphatic rings. The molecule has 0 bridgehead atoms. The molecule has 0 unspecified atom stereocenters. The van der Waals surface area contributed by atoms with Crippen molar-refractivity contribution in [1.82, 2.24) is 5.06 Å². The highest BCUT2D eigenvalue weighted by atomic mass is 35.5. The number of halogens is 2. The molecule has 5 heteroatoms. The van der Waals surface area contributed by atoms with Gasteiger partial charge in [0.2, 0.25) is 0 Å². The molecule has 1 heterocycles. The Morgan fingerprint density at radius 3 is 1.80 bits per heavy atom. The Morgan fingerprint density at radius 1 is 1.00 bits per heavy atom. The molecule has 1 aliphatic heterocycles. The summed E-state index contributed by atoms with van der Waals surface area (Å²) in [6.07, 6.45) is 0.789. The van der Waals surface area contributed by atoms with Crippen LogP contribution in [0.5, 0.6) is 0 Å². The first kappa shape index (κ1) is 17.4. The molecule has 2 N–H and O–H groups in total. The van der Waals surface area contributed by atoms with E-state index >= 15 is 0 Å². The van der Waals surface area contributed by atoms with E-state index < -0.39 is 16.7 Å². The molecule has 3 nitrogen and oxygen atoms in total. The highest BCUT2D eigenvalue weighted by molar-refractivity contribution is 5.85. The Hall–Kier alpha value is -0.680. The minimum absolute atomic E-state index is 0. The van der Waals surface area contributed by atoms with Crippen LogP contribution in [0.4, 0.5) is 4.39 Å². The fourth-order valence-corrected chi connectivity index (χ4v) is 3.43. The van der Waals surface area contributed by atoms with Crippen molar-refractivity contribution < 1.29 is 14.7 Å². The average Bonchev–Trinajstić information content (AvgIpc) is 2.25. The largest absolute Gasteiger partial charge is 0.385 e. The molecule has 1 aromatic carbocycles. The van der Waals surface area contributed by atoms with E-state index in [1.807, 2.05) is 27.7 Å². The van der Waals surface area contributed by atoms with E-state index in [0.717, 1.165) is 0 Å². The lowest BCUT2D eigenvalue weighted by Gasteiger charge is -2.54.